The molecule has 3 heteroatoms. The predicted octanol–water partition coefficient (Wildman–Crippen LogP) is 4.77. The molecule has 0 fully saturated rings. The van der Waals surface area contributed by atoms with E-state index in [2.05, 4.69) is 53.3 Å². The van der Waals surface area contributed by atoms with E-state index in [4.69, 9.17) is 4.74 Å². The Hall–Kier alpha value is -1.32. The van der Waals surface area contributed by atoms with E-state index in [1.165, 1.54) is 5.56 Å². The van der Waals surface area contributed by atoms with Crippen molar-refractivity contribution in [1.82, 2.24) is 5.32 Å². The number of benzene rings is 2. The van der Waals surface area contributed by atoms with Crippen LogP contribution in [0, 0.1) is 5.92 Å². The third-order valence-corrected chi connectivity index (χ3v) is 3.96. The zero-order valence-corrected chi connectivity index (χ0v) is 14.2. The molecule has 0 spiro atoms. The quantitative estimate of drug-likeness (QED) is 0.778. The van der Waals surface area contributed by atoms with Crippen LogP contribution in [0.25, 0.3) is 0 Å². The summed E-state index contributed by atoms with van der Waals surface area (Å²) >= 11 is 3.55. The van der Waals surface area contributed by atoms with Crippen LogP contribution < -0.4 is 10.1 Å². The van der Waals surface area contributed by atoms with Crippen molar-refractivity contribution >= 4 is 15.9 Å². The Bertz CT molecular complexity index is 569. The Morgan fingerprint density at radius 3 is 2.38 bits per heavy atom. The molecule has 2 aromatic rings. The maximum atomic E-state index is 5.99. The van der Waals surface area contributed by atoms with Crippen molar-refractivity contribution in [3.63, 3.8) is 0 Å². The zero-order chi connectivity index (χ0) is 15.1. The van der Waals surface area contributed by atoms with Crippen molar-refractivity contribution in [3.05, 3.63) is 64.1 Å². The molecule has 112 valence electrons. The van der Waals surface area contributed by atoms with Crippen molar-refractivity contribution in [2.24, 2.45) is 5.92 Å². The van der Waals surface area contributed by atoms with Crippen LogP contribution in [0.5, 0.6) is 5.75 Å². The molecule has 0 unspecified atom stereocenters. The summed E-state index contributed by atoms with van der Waals surface area (Å²) < 4.78 is 7.08. The molecule has 0 saturated carbocycles. The third-order valence-electron chi connectivity index (χ3n) is 3.18. The lowest BCUT2D eigenvalue weighted by atomic mass is 10.1. The highest BCUT2D eigenvalue weighted by atomic mass is 79.9. The molecule has 2 nitrogen and oxygen atoms in total. The first-order valence-electron chi connectivity index (χ1n) is 7.31. The van der Waals surface area contributed by atoms with Gasteiger partial charge < -0.3 is 10.1 Å². The summed E-state index contributed by atoms with van der Waals surface area (Å²) in [4.78, 5) is 0. The largest absolute Gasteiger partial charge is 0.489 e. The average Bonchev–Trinajstić information content (AvgIpc) is 2.47. The molecule has 0 heterocycles. The molecule has 0 saturated heterocycles. The monoisotopic (exact) mass is 347 g/mol. The Morgan fingerprint density at radius 2 is 1.67 bits per heavy atom. The van der Waals surface area contributed by atoms with E-state index < -0.39 is 0 Å². The van der Waals surface area contributed by atoms with Gasteiger partial charge in [0.2, 0.25) is 0 Å². The van der Waals surface area contributed by atoms with Crippen molar-refractivity contribution in [2.75, 3.05) is 6.54 Å². The van der Waals surface area contributed by atoms with Crippen LogP contribution >= 0.6 is 15.9 Å². The molecule has 1 N–H and O–H groups in total. The lowest BCUT2D eigenvalue weighted by Gasteiger charge is -2.13. The summed E-state index contributed by atoms with van der Waals surface area (Å²) in [5.74, 6) is 1.60. The van der Waals surface area contributed by atoms with Gasteiger partial charge in [-0.3, -0.25) is 0 Å². The maximum absolute atomic E-state index is 5.99. The predicted molar refractivity (Wildman–Crippen MR) is 91.5 cm³/mol. The molecular weight excluding hydrogens is 326 g/mol. The Kier molecular flexibility index (Phi) is 6.27. The number of hydrogen-bond acceptors (Lipinski definition) is 2. The number of rotatable bonds is 7. The van der Waals surface area contributed by atoms with Crippen LogP contribution in [0.15, 0.2) is 53.0 Å². The van der Waals surface area contributed by atoms with Crippen LogP contribution in [0.3, 0.4) is 0 Å². The minimum atomic E-state index is 0.572. The van der Waals surface area contributed by atoms with Crippen molar-refractivity contribution < 1.29 is 4.74 Å². The summed E-state index contributed by atoms with van der Waals surface area (Å²) in [5.41, 5.74) is 2.35. The highest BCUT2D eigenvalue weighted by Gasteiger charge is 2.05. The second kappa shape index (κ2) is 8.20. The minimum absolute atomic E-state index is 0.572. The molecule has 21 heavy (non-hydrogen) atoms. The van der Waals surface area contributed by atoms with E-state index in [0.717, 1.165) is 28.9 Å². The Morgan fingerprint density at radius 1 is 1.00 bits per heavy atom. The van der Waals surface area contributed by atoms with Gasteiger partial charge in [-0.1, -0.05) is 66.2 Å². The average molecular weight is 348 g/mol. The van der Waals surface area contributed by atoms with Crippen molar-refractivity contribution in [1.29, 1.82) is 0 Å². The second-order valence-electron chi connectivity index (χ2n) is 5.51. The van der Waals surface area contributed by atoms with Crippen LogP contribution in [0.2, 0.25) is 0 Å². The van der Waals surface area contributed by atoms with Crippen LogP contribution in [-0.2, 0) is 13.2 Å². The van der Waals surface area contributed by atoms with Gasteiger partial charge in [-0.25, -0.2) is 0 Å². The van der Waals surface area contributed by atoms with E-state index in [0.29, 0.717) is 12.5 Å². The molecule has 0 aliphatic heterocycles. The van der Waals surface area contributed by atoms with Gasteiger partial charge in [0.1, 0.15) is 12.4 Å². The minimum Gasteiger partial charge on any atom is -0.489 e. The summed E-state index contributed by atoms with van der Waals surface area (Å²) in [5, 5.41) is 3.46. The molecule has 0 atom stereocenters. The molecule has 0 bridgehead atoms. The van der Waals surface area contributed by atoms with Gasteiger partial charge in [0.25, 0.3) is 0 Å². The van der Waals surface area contributed by atoms with E-state index >= 15 is 0 Å². The molecule has 0 radical (unpaired) electrons. The third kappa shape index (κ3) is 5.18. The summed E-state index contributed by atoms with van der Waals surface area (Å²) in [6, 6.07) is 16.4. The molecular formula is C18H22BrNO. The standard InChI is InChI=1S/C18H22BrNO/c1-14(2)11-20-12-15-7-4-6-10-18(15)21-13-16-8-3-5-9-17(16)19/h3-10,14,20H,11-13H2,1-2H3. The van der Waals surface area contributed by atoms with Gasteiger partial charge in [0.05, 0.1) is 0 Å². The summed E-state index contributed by atoms with van der Waals surface area (Å²) in [6.45, 7) is 6.84. The van der Waals surface area contributed by atoms with Gasteiger partial charge in [0, 0.05) is 22.1 Å². The van der Waals surface area contributed by atoms with Gasteiger partial charge in [-0.15, -0.1) is 0 Å². The van der Waals surface area contributed by atoms with E-state index in [1.54, 1.807) is 0 Å². The van der Waals surface area contributed by atoms with Gasteiger partial charge in [0.15, 0.2) is 0 Å². The molecule has 2 rings (SSSR count). The van der Waals surface area contributed by atoms with E-state index in [1.807, 2.05) is 30.3 Å². The molecule has 0 amide bonds. The fourth-order valence-electron chi connectivity index (χ4n) is 2.06. The summed E-state index contributed by atoms with van der Waals surface area (Å²) in [6.07, 6.45) is 0. The highest BCUT2D eigenvalue weighted by Crippen LogP contribution is 2.22. The van der Waals surface area contributed by atoms with Gasteiger partial charge in [-0.05, 0) is 24.6 Å². The first kappa shape index (κ1) is 16.1. The van der Waals surface area contributed by atoms with Crippen molar-refractivity contribution in [2.45, 2.75) is 27.0 Å². The first-order chi connectivity index (χ1) is 10.2. The maximum Gasteiger partial charge on any atom is 0.124 e. The lowest BCUT2D eigenvalue weighted by Crippen LogP contribution is -2.19. The fraction of sp³-hybridized carbons (Fsp3) is 0.333. The Labute approximate surface area is 135 Å². The Balaban J connectivity index is 1.98. The van der Waals surface area contributed by atoms with Crippen LogP contribution in [-0.4, -0.2) is 6.54 Å². The SMILES string of the molecule is CC(C)CNCc1ccccc1OCc1ccccc1Br. The first-order valence-corrected chi connectivity index (χ1v) is 8.11. The summed E-state index contributed by atoms with van der Waals surface area (Å²) in [7, 11) is 0. The van der Waals surface area contributed by atoms with Crippen LogP contribution in [0.1, 0.15) is 25.0 Å². The molecule has 0 aromatic heterocycles. The highest BCUT2D eigenvalue weighted by molar-refractivity contribution is 9.10. The molecule has 0 aliphatic rings. The normalized spacial score (nSPS) is 10.9. The van der Waals surface area contributed by atoms with Crippen LogP contribution in [0.4, 0.5) is 0 Å². The molecule has 2 aromatic carbocycles. The number of hydrogen-bond donors (Lipinski definition) is 1. The topological polar surface area (TPSA) is 21.3 Å². The fourth-order valence-corrected chi connectivity index (χ4v) is 2.46. The zero-order valence-electron chi connectivity index (χ0n) is 12.6. The van der Waals surface area contributed by atoms with E-state index in [-0.39, 0.29) is 0 Å². The molecule has 0 aliphatic carbocycles. The second-order valence-corrected chi connectivity index (χ2v) is 6.37. The smallest absolute Gasteiger partial charge is 0.124 e. The van der Waals surface area contributed by atoms with Crippen molar-refractivity contribution in [3.8, 4) is 5.75 Å². The number of para-hydroxylation sites is 1. The number of nitrogens with one attached hydrogen (secondary N) is 1. The lowest BCUT2D eigenvalue weighted by molar-refractivity contribution is 0.301. The number of ether oxygens (including phenoxy) is 1. The van der Waals surface area contributed by atoms with E-state index in [9.17, 15) is 0 Å². The van der Waals surface area contributed by atoms with Gasteiger partial charge in [-0.2, -0.15) is 0 Å². The van der Waals surface area contributed by atoms with Gasteiger partial charge >= 0.3 is 0 Å². The number of halogens is 1.